The summed E-state index contributed by atoms with van der Waals surface area (Å²) in [6.45, 7) is 7.96. The fourth-order valence-corrected chi connectivity index (χ4v) is 2.51. The number of benzene rings is 2. The van der Waals surface area contributed by atoms with Crippen molar-refractivity contribution in [1.29, 1.82) is 0 Å². The maximum Gasteiger partial charge on any atom is 0.258 e. The fraction of sp³-hybridized carbons (Fsp3) is 0.333. The Kier molecular flexibility index (Phi) is 5.31. The van der Waals surface area contributed by atoms with Crippen molar-refractivity contribution in [3.05, 3.63) is 59.7 Å². The van der Waals surface area contributed by atoms with Gasteiger partial charge in [0.05, 0.1) is 0 Å². The summed E-state index contributed by atoms with van der Waals surface area (Å²) in [4.78, 5) is 27.3. The quantitative estimate of drug-likeness (QED) is 0.840. The van der Waals surface area contributed by atoms with Gasteiger partial charge in [-0.1, -0.05) is 32.9 Å². The molecule has 0 heterocycles. The Morgan fingerprint density at radius 3 is 1.60 bits per heavy atom. The van der Waals surface area contributed by atoms with Crippen molar-refractivity contribution >= 4 is 23.2 Å². The average molecular weight is 338 g/mol. The topological polar surface area (TPSA) is 40.6 Å². The Bertz CT molecular complexity index is 756. The molecule has 0 aliphatic heterocycles. The first-order valence-corrected chi connectivity index (χ1v) is 8.34. The molecular weight excluding hydrogens is 312 g/mol. The lowest BCUT2D eigenvalue weighted by Crippen LogP contribution is -2.27. The molecule has 25 heavy (non-hydrogen) atoms. The standard InChI is InChI=1S/C21H26N2O2/c1-15(24)22(5)18-11-13-19(14-12-18)23(6)20(25)16-7-9-17(10-8-16)21(2,3)4/h7-14H,1-6H3. The van der Waals surface area contributed by atoms with E-state index in [-0.39, 0.29) is 17.2 Å². The fourth-order valence-electron chi connectivity index (χ4n) is 2.51. The number of amides is 2. The van der Waals surface area contributed by atoms with E-state index < -0.39 is 0 Å². The number of rotatable bonds is 3. The highest BCUT2D eigenvalue weighted by Gasteiger charge is 2.17. The van der Waals surface area contributed by atoms with Crippen molar-refractivity contribution in [3.63, 3.8) is 0 Å². The molecule has 132 valence electrons. The van der Waals surface area contributed by atoms with Gasteiger partial charge in [0.2, 0.25) is 5.91 Å². The van der Waals surface area contributed by atoms with Crippen molar-refractivity contribution in [2.24, 2.45) is 0 Å². The van der Waals surface area contributed by atoms with Crippen LogP contribution in [0.4, 0.5) is 11.4 Å². The molecule has 0 radical (unpaired) electrons. The Morgan fingerprint density at radius 1 is 0.760 bits per heavy atom. The van der Waals surface area contributed by atoms with Gasteiger partial charge in [0.25, 0.3) is 5.91 Å². The van der Waals surface area contributed by atoms with Gasteiger partial charge in [-0.25, -0.2) is 0 Å². The number of carbonyl (C=O) groups excluding carboxylic acids is 2. The minimum Gasteiger partial charge on any atom is -0.316 e. The van der Waals surface area contributed by atoms with Gasteiger partial charge in [-0.15, -0.1) is 0 Å². The van der Waals surface area contributed by atoms with E-state index in [0.29, 0.717) is 5.56 Å². The average Bonchev–Trinajstić information content (AvgIpc) is 2.59. The molecular formula is C21H26N2O2. The molecule has 2 amide bonds. The third-order valence-electron chi connectivity index (χ3n) is 4.40. The third-order valence-corrected chi connectivity index (χ3v) is 4.40. The van der Waals surface area contributed by atoms with Crippen LogP contribution in [-0.2, 0) is 10.2 Å². The van der Waals surface area contributed by atoms with Crippen LogP contribution in [0.5, 0.6) is 0 Å². The first-order valence-electron chi connectivity index (χ1n) is 8.34. The van der Waals surface area contributed by atoms with Gasteiger partial charge in [-0.3, -0.25) is 9.59 Å². The van der Waals surface area contributed by atoms with Gasteiger partial charge in [0.15, 0.2) is 0 Å². The van der Waals surface area contributed by atoms with Gasteiger partial charge < -0.3 is 9.80 Å². The number of nitrogens with zero attached hydrogens (tertiary/aromatic N) is 2. The number of anilines is 2. The highest BCUT2D eigenvalue weighted by Crippen LogP contribution is 2.24. The van der Waals surface area contributed by atoms with Crippen LogP contribution in [0.2, 0.25) is 0 Å². The zero-order valence-corrected chi connectivity index (χ0v) is 15.8. The summed E-state index contributed by atoms with van der Waals surface area (Å²) in [5, 5.41) is 0. The van der Waals surface area contributed by atoms with Gasteiger partial charge >= 0.3 is 0 Å². The van der Waals surface area contributed by atoms with Crippen molar-refractivity contribution < 1.29 is 9.59 Å². The molecule has 0 fully saturated rings. The van der Waals surface area contributed by atoms with Crippen LogP contribution in [0.25, 0.3) is 0 Å². The smallest absolute Gasteiger partial charge is 0.258 e. The zero-order valence-electron chi connectivity index (χ0n) is 15.8. The van der Waals surface area contributed by atoms with E-state index in [1.165, 1.54) is 12.5 Å². The first kappa shape index (κ1) is 18.7. The predicted octanol–water partition coefficient (Wildman–Crippen LogP) is 4.24. The van der Waals surface area contributed by atoms with Gasteiger partial charge in [-0.05, 0) is 47.4 Å². The highest BCUT2D eigenvalue weighted by molar-refractivity contribution is 6.05. The van der Waals surface area contributed by atoms with Crippen molar-refractivity contribution in [3.8, 4) is 0 Å². The molecule has 0 aromatic heterocycles. The second kappa shape index (κ2) is 7.09. The maximum absolute atomic E-state index is 12.7. The summed E-state index contributed by atoms with van der Waals surface area (Å²) in [5.41, 5.74) is 3.49. The molecule has 4 nitrogen and oxygen atoms in total. The SMILES string of the molecule is CC(=O)N(C)c1ccc(N(C)C(=O)c2ccc(C(C)(C)C)cc2)cc1. The van der Waals surface area contributed by atoms with E-state index in [0.717, 1.165) is 11.4 Å². The Labute approximate surface area is 150 Å². The predicted molar refractivity (Wildman–Crippen MR) is 103 cm³/mol. The lowest BCUT2D eigenvalue weighted by Gasteiger charge is -2.21. The Morgan fingerprint density at radius 2 is 1.20 bits per heavy atom. The van der Waals surface area contributed by atoms with Crippen LogP contribution in [0.15, 0.2) is 48.5 Å². The molecule has 2 aromatic rings. The summed E-state index contributed by atoms with van der Waals surface area (Å²) >= 11 is 0. The molecule has 4 heteroatoms. The van der Waals surface area contributed by atoms with Crippen molar-refractivity contribution in [2.75, 3.05) is 23.9 Å². The summed E-state index contributed by atoms with van der Waals surface area (Å²) in [5.74, 6) is -0.0933. The molecule has 0 atom stereocenters. The van der Waals surface area contributed by atoms with Crippen LogP contribution in [0.3, 0.4) is 0 Å². The molecule has 0 aliphatic rings. The summed E-state index contributed by atoms with van der Waals surface area (Å²) in [7, 11) is 3.48. The van der Waals surface area contributed by atoms with Crippen LogP contribution in [0, 0.1) is 0 Å². The van der Waals surface area contributed by atoms with E-state index in [4.69, 9.17) is 0 Å². The number of carbonyl (C=O) groups is 2. The lowest BCUT2D eigenvalue weighted by atomic mass is 9.86. The van der Waals surface area contributed by atoms with E-state index in [9.17, 15) is 9.59 Å². The molecule has 0 saturated carbocycles. The third kappa shape index (κ3) is 4.27. The monoisotopic (exact) mass is 338 g/mol. The lowest BCUT2D eigenvalue weighted by molar-refractivity contribution is -0.116. The molecule has 2 aromatic carbocycles. The van der Waals surface area contributed by atoms with Crippen LogP contribution >= 0.6 is 0 Å². The van der Waals surface area contributed by atoms with Gasteiger partial charge in [0.1, 0.15) is 0 Å². The summed E-state index contributed by atoms with van der Waals surface area (Å²) < 4.78 is 0. The van der Waals surface area contributed by atoms with Gasteiger partial charge in [0, 0.05) is 38.0 Å². The molecule has 0 aliphatic carbocycles. The van der Waals surface area contributed by atoms with Crippen molar-refractivity contribution in [1.82, 2.24) is 0 Å². The van der Waals surface area contributed by atoms with Gasteiger partial charge in [-0.2, -0.15) is 0 Å². The molecule has 0 saturated heterocycles. The van der Waals surface area contributed by atoms with E-state index in [1.807, 2.05) is 48.5 Å². The summed E-state index contributed by atoms with van der Waals surface area (Å²) in [6, 6.07) is 15.1. The molecule has 0 N–H and O–H groups in total. The second-order valence-electron chi connectivity index (χ2n) is 7.29. The second-order valence-corrected chi connectivity index (χ2v) is 7.29. The maximum atomic E-state index is 12.7. The van der Waals surface area contributed by atoms with Crippen LogP contribution in [-0.4, -0.2) is 25.9 Å². The van der Waals surface area contributed by atoms with E-state index in [2.05, 4.69) is 20.8 Å². The molecule has 0 unspecified atom stereocenters. The first-order chi connectivity index (χ1) is 11.6. The Hall–Kier alpha value is -2.62. The Balaban J connectivity index is 2.18. The van der Waals surface area contributed by atoms with Crippen LogP contribution < -0.4 is 9.80 Å². The number of hydrogen-bond donors (Lipinski definition) is 0. The normalized spacial score (nSPS) is 11.1. The largest absolute Gasteiger partial charge is 0.316 e. The number of hydrogen-bond acceptors (Lipinski definition) is 2. The minimum absolute atomic E-state index is 0.0314. The summed E-state index contributed by atoms with van der Waals surface area (Å²) in [6.07, 6.45) is 0. The van der Waals surface area contributed by atoms with E-state index >= 15 is 0 Å². The molecule has 0 bridgehead atoms. The zero-order chi connectivity index (χ0) is 18.8. The highest BCUT2D eigenvalue weighted by atomic mass is 16.2. The molecule has 0 spiro atoms. The van der Waals surface area contributed by atoms with E-state index in [1.54, 1.807) is 23.9 Å². The van der Waals surface area contributed by atoms with Crippen molar-refractivity contribution in [2.45, 2.75) is 33.1 Å². The van der Waals surface area contributed by atoms with Crippen LogP contribution in [0.1, 0.15) is 43.6 Å². The minimum atomic E-state index is -0.0619. The molecule has 2 rings (SSSR count).